The van der Waals surface area contributed by atoms with Crippen molar-refractivity contribution in [1.29, 1.82) is 0 Å². The molecule has 0 fully saturated rings. The van der Waals surface area contributed by atoms with Crippen molar-refractivity contribution in [2.45, 2.75) is 38.8 Å². The van der Waals surface area contributed by atoms with Gasteiger partial charge in [-0.1, -0.05) is 42.5 Å². The standard InChI is InChI=1S/C23H25FN2O2/c1-16(2)28-15-23(3,13-17-8-5-4-6-9-17)26-22(27)19-12-18-10-7-11-20(24)21(18)25-14-19/h4-12,14,16H,13,15H2,1-3H3,(H,26,27). The third-order valence-electron chi connectivity index (χ3n) is 4.51. The van der Waals surface area contributed by atoms with Crippen LogP contribution in [-0.4, -0.2) is 29.1 Å². The highest BCUT2D eigenvalue weighted by Crippen LogP contribution is 2.19. The number of rotatable bonds is 7. The first kappa shape index (κ1) is 20.0. The lowest BCUT2D eigenvalue weighted by molar-refractivity contribution is 0.0314. The minimum atomic E-state index is -0.598. The molecule has 3 aromatic rings. The molecule has 0 saturated carbocycles. The first-order valence-electron chi connectivity index (χ1n) is 9.39. The number of ether oxygens (including phenoxy) is 1. The van der Waals surface area contributed by atoms with Crippen molar-refractivity contribution < 1.29 is 13.9 Å². The summed E-state index contributed by atoms with van der Waals surface area (Å²) in [5.74, 6) is -0.659. The molecule has 0 radical (unpaired) electrons. The highest BCUT2D eigenvalue weighted by atomic mass is 19.1. The molecular formula is C23H25FN2O2. The number of hydrogen-bond donors (Lipinski definition) is 1. The lowest BCUT2D eigenvalue weighted by atomic mass is 9.93. The molecule has 1 aromatic heterocycles. The topological polar surface area (TPSA) is 51.2 Å². The molecule has 2 aromatic carbocycles. The predicted octanol–water partition coefficient (Wildman–Crippen LogP) is 4.53. The summed E-state index contributed by atoms with van der Waals surface area (Å²) in [5, 5.41) is 3.69. The van der Waals surface area contributed by atoms with E-state index in [1.807, 2.05) is 51.1 Å². The van der Waals surface area contributed by atoms with Crippen molar-refractivity contribution in [1.82, 2.24) is 10.3 Å². The summed E-state index contributed by atoms with van der Waals surface area (Å²) in [6.07, 6.45) is 2.09. The average molecular weight is 380 g/mol. The molecule has 0 saturated heterocycles. The average Bonchev–Trinajstić information content (AvgIpc) is 2.67. The van der Waals surface area contributed by atoms with E-state index >= 15 is 0 Å². The Hall–Kier alpha value is -2.79. The number of benzene rings is 2. The largest absolute Gasteiger partial charge is 0.376 e. The van der Waals surface area contributed by atoms with Crippen molar-refractivity contribution in [3.8, 4) is 0 Å². The number of hydrogen-bond acceptors (Lipinski definition) is 3. The van der Waals surface area contributed by atoms with Crippen molar-refractivity contribution in [2.75, 3.05) is 6.61 Å². The van der Waals surface area contributed by atoms with Gasteiger partial charge < -0.3 is 10.1 Å². The molecule has 0 aliphatic carbocycles. The van der Waals surface area contributed by atoms with Gasteiger partial charge in [0.2, 0.25) is 0 Å². The van der Waals surface area contributed by atoms with E-state index in [-0.39, 0.29) is 17.5 Å². The summed E-state index contributed by atoms with van der Waals surface area (Å²) in [5.41, 5.74) is 1.16. The van der Waals surface area contributed by atoms with E-state index in [4.69, 9.17) is 4.74 Å². The summed E-state index contributed by atoms with van der Waals surface area (Å²) in [7, 11) is 0. The zero-order valence-corrected chi connectivity index (χ0v) is 16.4. The van der Waals surface area contributed by atoms with Crippen LogP contribution in [0.25, 0.3) is 10.9 Å². The monoisotopic (exact) mass is 380 g/mol. The summed E-state index contributed by atoms with van der Waals surface area (Å²) >= 11 is 0. The van der Waals surface area contributed by atoms with Gasteiger partial charge in [0, 0.05) is 11.6 Å². The lowest BCUT2D eigenvalue weighted by Gasteiger charge is -2.32. The Bertz CT molecular complexity index is 959. The molecule has 28 heavy (non-hydrogen) atoms. The number of carbonyl (C=O) groups is 1. The van der Waals surface area contributed by atoms with Gasteiger partial charge in [-0.2, -0.15) is 0 Å². The first-order chi connectivity index (χ1) is 13.4. The van der Waals surface area contributed by atoms with Gasteiger partial charge in [-0.15, -0.1) is 0 Å². The number of nitrogens with one attached hydrogen (secondary N) is 1. The molecule has 4 nitrogen and oxygen atoms in total. The highest BCUT2D eigenvalue weighted by molar-refractivity contribution is 5.97. The van der Waals surface area contributed by atoms with Crippen LogP contribution in [0.1, 0.15) is 36.7 Å². The Labute approximate surface area is 164 Å². The van der Waals surface area contributed by atoms with Gasteiger partial charge >= 0.3 is 0 Å². The molecule has 0 spiro atoms. The molecule has 1 amide bonds. The SMILES string of the molecule is CC(C)OCC(C)(Cc1ccccc1)NC(=O)c1cnc2c(F)cccc2c1. The van der Waals surface area contributed by atoms with Crippen LogP contribution >= 0.6 is 0 Å². The van der Waals surface area contributed by atoms with E-state index < -0.39 is 11.4 Å². The Morgan fingerprint density at radius 3 is 2.64 bits per heavy atom. The van der Waals surface area contributed by atoms with Gasteiger partial charge in [-0.3, -0.25) is 9.78 Å². The molecular weight excluding hydrogens is 355 g/mol. The quantitative estimate of drug-likeness (QED) is 0.655. The fourth-order valence-corrected chi connectivity index (χ4v) is 3.12. The molecule has 1 heterocycles. The van der Waals surface area contributed by atoms with E-state index in [9.17, 15) is 9.18 Å². The van der Waals surface area contributed by atoms with E-state index in [1.165, 1.54) is 12.3 Å². The molecule has 0 aliphatic heterocycles. The molecule has 0 bridgehead atoms. The van der Waals surface area contributed by atoms with Crippen LogP contribution < -0.4 is 5.32 Å². The van der Waals surface area contributed by atoms with E-state index in [0.717, 1.165) is 5.56 Å². The maximum atomic E-state index is 13.8. The van der Waals surface area contributed by atoms with Crippen LogP contribution in [0.3, 0.4) is 0 Å². The van der Waals surface area contributed by atoms with Crippen molar-refractivity contribution >= 4 is 16.8 Å². The number of halogens is 1. The Kier molecular flexibility index (Phi) is 6.05. The maximum absolute atomic E-state index is 13.8. The number of fused-ring (bicyclic) bond motifs is 1. The summed E-state index contributed by atoms with van der Waals surface area (Å²) < 4.78 is 19.7. The van der Waals surface area contributed by atoms with E-state index in [1.54, 1.807) is 18.2 Å². The lowest BCUT2D eigenvalue weighted by Crippen LogP contribution is -2.51. The molecule has 1 N–H and O–H groups in total. The minimum absolute atomic E-state index is 0.0531. The molecule has 5 heteroatoms. The Balaban J connectivity index is 1.83. The fourth-order valence-electron chi connectivity index (χ4n) is 3.12. The van der Waals surface area contributed by atoms with E-state index in [0.29, 0.717) is 24.0 Å². The van der Waals surface area contributed by atoms with Gasteiger partial charge in [0.05, 0.1) is 23.8 Å². The zero-order valence-electron chi connectivity index (χ0n) is 16.4. The van der Waals surface area contributed by atoms with Crippen LogP contribution in [0.15, 0.2) is 60.8 Å². The Morgan fingerprint density at radius 2 is 1.93 bits per heavy atom. The second-order valence-corrected chi connectivity index (χ2v) is 7.57. The number of nitrogens with zero attached hydrogens (tertiary/aromatic N) is 1. The van der Waals surface area contributed by atoms with Gasteiger partial charge in [-0.05, 0) is 44.9 Å². The highest BCUT2D eigenvalue weighted by Gasteiger charge is 2.28. The normalized spacial score (nSPS) is 13.5. The zero-order chi connectivity index (χ0) is 20.1. The molecule has 1 atom stereocenters. The van der Waals surface area contributed by atoms with Crippen LogP contribution in [0.5, 0.6) is 0 Å². The number of para-hydroxylation sites is 1. The van der Waals surface area contributed by atoms with Gasteiger partial charge in [-0.25, -0.2) is 4.39 Å². The van der Waals surface area contributed by atoms with Gasteiger partial charge in [0.15, 0.2) is 0 Å². The fraction of sp³-hybridized carbons (Fsp3) is 0.304. The van der Waals surface area contributed by atoms with Crippen LogP contribution in [0.2, 0.25) is 0 Å². The van der Waals surface area contributed by atoms with Gasteiger partial charge in [0.1, 0.15) is 11.3 Å². The number of aromatic nitrogens is 1. The number of pyridine rings is 1. The van der Waals surface area contributed by atoms with Crippen LogP contribution in [0, 0.1) is 5.82 Å². The molecule has 3 rings (SSSR count). The Morgan fingerprint density at radius 1 is 1.18 bits per heavy atom. The smallest absolute Gasteiger partial charge is 0.253 e. The third kappa shape index (κ3) is 4.93. The molecule has 146 valence electrons. The summed E-state index contributed by atoms with van der Waals surface area (Å²) in [6.45, 7) is 6.27. The van der Waals surface area contributed by atoms with E-state index in [2.05, 4.69) is 10.3 Å². The number of carbonyl (C=O) groups excluding carboxylic acids is 1. The predicted molar refractivity (Wildman–Crippen MR) is 109 cm³/mol. The number of amides is 1. The second-order valence-electron chi connectivity index (χ2n) is 7.57. The third-order valence-corrected chi connectivity index (χ3v) is 4.51. The van der Waals surface area contributed by atoms with Crippen molar-refractivity contribution in [3.63, 3.8) is 0 Å². The molecule has 1 unspecified atom stereocenters. The summed E-state index contributed by atoms with van der Waals surface area (Å²) in [4.78, 5) is 17.0. The van der Waals surface area contributed by atoms with Crippen LogP contribution in [-0.2, 0) is 11.2 Å². The minimum Gasteiger partial charge on any atom is -0.376 e. The molecule has 0 aliphatic rings. The first-order valence-corrected chi connectivity index (χ1v) is 9.39. The van der Waals surface area contributed by atoms with Crippen molar-refractivity contribution in [3.05, 3.63) is 77.7 Å². The maximum Gasteiger partial charge on any atom is 0.253 e. The van der Waals surface area contributed by atoms with Crippen molar-refractivity contribution in [2.24, 2.45) is 0 Å². The summed E-state index contributed by atoms with van der Waals surface area (Å²) in [6, 6.07) is 16.3. The second kappa shape index (κ2) is 8.48. The van der Waals surface area contributed by atoms with Crippen LogP contribution in [0.4, 0.5) is 4.39 Å². The van der Waals surface area contributed by atoms with Gasteiger partial charge in [0.25, 0.3) is 5.91 Å².